The molecule has 1 saturated heterocycles. The average molecular weight is 242 g/mol. The molecule has 2 nitrogen and oxygen atoms in total. The summed E-state index contributed by atoms with van der Waals surface area (Å²) in [4.78, 5) is 2.43. The molecule has 0 N–H and O–H groups in total. The minimum atomic E-state index is -0.0712. The lowest BCUT2D eigenvalue weighted by atomic mass is 9.79. The second-order valence-electron chi connectivity index (χ2n) is 5.61. The Labute approximate surface area is 110 Å². The summed E-state index contributed by atoms with van der Waals surface area (Å²) >= 11 is 0. The second-order valence-corrected chi connectivity index (χ2v) is 5.61. The van der Waals surface area contributed by atoms with Gasteiger partial charge in [-0.3, -0.25) is 0 Å². The Bertz CT molecular complexity index is 456. The molecule has 1 aromatic rings. The number of nitrogens with zero attached hydrogens (tertiary/aromatic N) is 2. The van der Waals surface area contributed by atoms with E-state index in [-0.39, 0.29) is 11.5 Å². The van der Waals surface area contributed by atoms with Crippen LogP contribution in [0.3, 0.4) is 0 Å². The summed E-state index contributed by atoms with van der Waals surface area (Å²) in [6, 6.07) is 11.1. The molecule has 2 rings (SSSR count). The fourth-order valence-electron chi connectivity index (χ4n) is 3.01. The van der Waals surface area contributed by atoms with Crippen LogP contribution in [0.1, 0.15) is 39.2 Å². The quantitative estimate of drug-likeness (QED) is 0.789. The van der Waals surface area contributed by atoms with E-state index in [0.717, 1.165) is 25.8 Å². The standard InChI is InChI=1S/C16H22N2/c1-4-13-8-5-6-10-15(13)18-11-7-9-14(12-17)16(18,2)3/h5-6,8,10,14H,4,7,9,11H2,1-3H3. The molecule has 0 bridgehead atoms. The van der Waals surface area contributed by atoms with Crippen LogP contribution in [-0.4, -0.2) is 12.1 Å². The number of rotatable bonds is 2. The van der Waals surface area contributed by atoms with Gasteiger partial charge in [0.05, 0.1) is 17.5 Å². The first-order chi connectivity index (χ1) is 8.61. The Balaban J connectivity index is 2.40. The smallest absolute Gasteiger partial charge is 0.0690 e. The number of anilines is 1. The first-order valence-electron chi connectivity index (χ1n) is 6.86. The minimum absolute atomic E-state index is 0.0712. The van der Waals surface area contributed by atoms with Crippen molar-refractivity contribution in [3.8, 4) is 6.07 Å². The van der Waals surface area contributed by atoms with Crippen LogP contribution in [0, 0.1) is 17.2 Å². The predicted molar refractivity (Wildman–Crippen MR) is 75.6 cm³/mol. The van der Waals surface area contributed by atoms with Gasteiger partial charge < -0.3 is 4.90 Å². The first kappa shape index (κ1) is 13.0. The van der Waals surface area contributed by atoms with Gasteiger partial charge in [0.1, 0.15) is 0 Å². The number of aryl methyl sites for hydroxylation is 1. The summed E-state index contributed by atoms with van der Waals surface area (Å²) in [5.41, 5.74) is 2.62. The second kappa shape index (κ2) is 5.02. The normalized spacial score (nSPS) is 22.6. The Morgan fingerprint density at radius 3 is 2.78 bits per heavy atom. The highest BCUT2D eigenvalue weighted by Crippen LogP contribution is 2.38. The van der Waals surface area contributed by atoms with E-state index in [1.54, 1.807) is 0 Å². The average Bonchev–Trinajstić information content (AvgIpc) is 2.38. The first-order valence-corrected chi connectivity index (χ1v) is 6.86. The molecular weight excluding hydrogens is 220 g/mol. The van der Waals surface area contributed by atoms with E-state index in [4.69, 9.17) is 0 Å². The van der Waals surface area contributed by atoms with Gasteiger partial charge >= 0.3 is 0 Å². The maximum atomic E-state index is 9.34. The molecule has 1 heterocycles. The minimum Gasteiger partial charge on any atom is -0.365 e. The molecule has 1 aromatic carbocycles. The molecule has 1 unspecified atom stereocenters. The lowest BCUT2D eigenvalue weighted by Gasteiger charge is -2.47. The van der Waals surface area contributed by atoms with Gasteiger partial charge in [-0.15, -0.1) is 0 Å². The number of piperidine rings is 1. The van der Waals surface area contributed by atoms with Crippen LogP contribution in [0.5, 0.6) is 0 Å². The molecule has 18 heavy (non-hydrogen) atoms. The zero-order valence-corrected chi connectivity index (χ0v) is 11.6. The van der Waals surface area contributed by atoms with Gasteiger partial charge in [-0.2, -0.15) is 5.26 Å². The Morgan fingerprint density at radius 1 is 1.39 bits per heavy atom. The molecule has 1 aliphatic rings. The fraction of sp³-hybridized carbons (Fsp3) is 0.562. The fourth-order valence-corrected chi connectivity index (χ4v) is 3.01. The van der Waals surface area contributed by atoms with Gasteiger partial charge in [-0.25, -0.2) is 0 Å². The lowest BCUT2D eigenvalue weighted by Crippen LogP contribution is -2.53. The van der Waals surface area contributed by atoms with Crippen LogP contribution in [-0.2, 0) is 6.42 Å². The topological polar surface area (TPSA) is 27.0 Å². The largest absolute Gasteiger partial charge is 0.365 e. The maximum Gasteiger partial charge on any atom is 0.0690 e. The lowest BCUT2D eigenvalue weighted by molar-refractivity contribution is 0.292. The van der Waals surface area contributed by atoms with Crippen molar-refractivity contribution in [3.63, 3.8) is 0 Å². The van der Waals surface area contributed by atoms with Gasteiger partial charge in [-0.05, 0) is 44.7 Å². The van der Waals surface area contributed by atoms with Crippen molar-refractivity contribution in [2.75, 3.05) is 11.4 Å². The van der Waals surface area contributed by atoms with E-state index in [0.29, 0.717) is 0 Å². The van der Waals surface area contributed by atoms with Crippen LogP contribution < -0.4 is 4.90 Å². The number of nitriles is 1. The Kier molecular flexibility index (Phi) is 3.61. The van der Waals surface area contributed by atoms with Crippen LogP contribution in [0.4, 0.5) is 5.69 Å². The van der Waals surface area contributed by atoms with Crippen molar-refractivity contribution >= 4 is 5.69 Å². The third-order valence-electron chi connectivity index (χ3n) is 4.24. The van der Waals surface area contributed by atoms with Crippen LogP contribution in [0.15, 0.2) is 24.3 Å². The van der Waals surface area contributed by atoms with Crippen LogP contribution in [0.2, 0.25) is 0 Å². The van der Waals surface area contributed by atoms with Crippen molar-refractivity contribution in [2.24, 2.45) is 5.92 Å². The van der Waals surface area contributed by atoms with Gasteiger partial charge in [0.25, 0.3) is 0 Å². The van der Waals surface area contributed by atoms with Crippen molar-refractivity contribution in [3.05, 3.63) is 29.8 Å². The predicted octanol–water partition coefficient (Wildman–Crippen LogP) is 3.77. The molecule has 1 fully saturated rings. The Morgan fingerprint density at radius 2 is 2.11 bits per heavy atom. The number of benzene rings is 1. The zero-order valence-electron chi connectivity index (χ0n) is 11.6. The highest BCUT2D eigenvalue weighted by Gasteiger charge is 2.39. The SMILES string of the molecule is CCc1ccccc1N1CCCC(C#N)C1(C)C. The molecule has 0 radical (unpaired) electrons. The van der Waals surface area contributed by atoms with Gasteiger partial charge in [-0.1, -0.05) is 25.1 Å². The summed E-state index contributed by atoms with van der Waals surface area (Å²) < 4.78 is 0. The van der Waals surface area contributed by atoms with Crippen molar-refractivity contribution < 1.29 is 0 Å². The molecule has 0 aromatic heterocycles. The monoisotopic (exact) mass is 242 g/mol. The highest BCUT2D eigenvalue weighted by molar-refractivity contribution is 5.56. The summed E-state index contributed by atoms with van der Waals surface area (Å²) in [7, 11) is 0. The van der Waals surface area contributed by atoms with Crippen molar-refractivity contribution in [2.45, 2.75) is 45.6 Å². The summed E-state index contributed by atoms with van der Waals surface area (Å²) in [6.45, 7) is 7.65. The van der Waals surface area contributed by atoms with Gasteiger partial charge in [0.2, 0.25) is 0 Å². The molecule has 0 saturated carbocycles. The highest BCUT2D eigenvalue weighted by atomic mass is 15.2. The molecule has 0 amide bonds. The Hall–Kier alpha value is -1.49. The third kappa shape index (κ3) is 2.10. The van der Waals surface area contributed by atoms with Gasteiger partial charge in [0, 0.05) is 12.2 Å². The number of hydrogen-bond donors (Lipinski definition) is 0. The van der Waals surface area contributed by atoms with Crippen molar-refractivity contribution in [1.29, 1.82) is 5.26 Å². The van der Waals surface area contributed by atoms with Crippen LogP contribution in [0.25, 0.3) is 0 Å². The maximum absolute atomic E-state index is 9.34. The molecule has 2 heteroatoms. The molecule has 96 valence electrons. The van der Waals surface area contributed by atoms with Gasteiger partial charge in [0.15, 0.2) is 0 Å². The number of para-hydroxylation sites is 1. The van der Waals surface area contributed by atoms with E-state index in [2.05, 4.69) is 56.0 Å². The van der Waals surface area contributed by atoms with E-state index < -0.39 is 0 Å². The van der Waals surface area contributed by atoms with E-state index in [9.17, 15) is 5.26 Å². The third-order valence-corrected chi connectivity index (χ3v) is 4.24. The molecule has 0 aliphatic carbocycles. The molecule has 1 aliphatic heterocycles. The molecule has 0 spiro atoms. The summed E-state index contributed by atoms with van der Waals surface area (Å²) in [5, 5.41) is 9.34. The van der Waals surface area contributed by atoms with E-state index in [1.807, 2.05) is 0 Å². The molecule has 1 atom stereocenters. The van der Waals surface area contributed by atoms with Crippen LogP contribution >= 0.6 is 0 Å². The van der Waals surface area contributed by atoms with E-state index in [1.165, 1.54) is 11.3 Å². The molecular formula is C16H22N2. The van der Waals surface area contributed by atoms with E-state index >= 15 is 0 Å². The zero-order chi connectivity index (χ0) is 13.2. The summed E-state index contributed by atoms with van der Waals surface area (Å²) in [5.74, 6) is 0.121. The van der Waals surface area contributed by atoms with Crippen molar-refractivity contribution in [1.82, 2.24) is 0 Å². The number of hydrogen-bond acceptors (Lipinski definition) is 2. The summed E-state index contributed by atoms with van der Waals surface area (Å²) in [6.07, 6.45) is 3.17.